The van der Waals surface area contributed by atoms with Gasteiger partial charge in [0.05, 0.1) is 0 Å². The van der Waals surface area contributed by atoms with Crippen molar-refractivity contribution in [3.8, 4) is 0 Å². The Morgan fingerprint density at radius 3 is 2.30 bits per heavy atom. The molecule has 0 aromatic heterocycles. The maximum absolute atomic E-state index is 9.76. The lowest BCUT2D eigenvalue weighted by Crippen LogP contribution is -2.49. The highest BCUT2D eigenvalue weighted by Crippen LogP contribution is 2.38. The summed E-state index contributed by atoms with van der Waals surface area (Å²) in [6, 6.07) is 8.74. The molecule has 1 saturated heterocycles. The van der Waals surface area contributed by atoms with Crippen LogP contribution in [0.4, 0.5) is 0 Å². The van der Waals surface area contributed by atoms with Crippen molar-refractivity contribution in [3.63, 3.8) is 0 Å². The fourth-order valence-corrected chi connectivity index (χ4v) is 3.09. The van der Waals surface area contributed by atoms with Gasteiger partial charge in [-0.2, -0.15) is 0 Å². The molecule has 0 radical (unpaired) electrons. The van der Waals surface area contributed by atoms with Gasteiger partial charge in [-0.25, -0.2) is 0 Å². The fourth-order valence-electron chi connectivity index (χ4n) is 2.83. The molecule has 1 fully saturated rings. The predicted molar refractivity (Wildman–Crippen MR) is 89.4 cm³/mol. The first-order valence-electron chi connectivity index (χ1n) is 6.86. The van der Waals surface area contributed by atoms with Crippen LogP contribution in [-0.2, 0) is 0 Å². The monoisotopic (exact) mass is 362 g/mol. The lowest BCUT2D eigenvalue weighted by atomic mass is 9.80. The van der Waals surface area contributed by atoms with E-state index < -0.39 is 0 Å². The third-order valence-electron chi connectivity index (χ3n) is 3.85. The molecule has 2 rings (SSSR count). The minimum atomic E-state index is -0.148. The summed E-state index contributed by atoms with van der Waals surface area (Å²) in [4.78, 5) is 2.48. The van der Waals surface area contributed by atoms with Gasteiger partial charge in [0.15, 0.2) is 0 Å². The molecule has 3 nitrogen and oxygen atoms in total. The second-order valence-electron chi connectivity index (χ2n) is 5.89. The lowest BCUT2D eigenvalue weighted by Gasteiger charge is -2.43. The Balaban J connectivity index is 0.00000200. The third-order valence-corrected chi connectivity index (χ3v) is 4.38. The van der Waals surface area contributed by atoms with E-state index in [1.54, 1.807) is 0 Å². The number of benzene rings is 1. The second-order valence-corrected chi connectivity index (χ2v) is 6.80. The van der Waals surface area contributed by atoms with Crippen LogP contribution in [0.2, 0.25) is 0 Å². The average Bonchev–Trinajstić information content (AvgIpc) is 2.42. The van der Waals surface area contributed by atoms with Crippen LogP contribution in [0.1, 0.15) is 25.5 Å². The van der Waals surface area contributed by atoms with E-state index >= 15 is 0 Å². The Kier molecular flexibility index (Phi) is 6.95. The Bertz CT molecular complexity index is 405. The van der Waals surface area contributed by atoms with Crippen LogP contribution in [-0.4, -0.2) is 42.8 Å². The highest BCUT2D eigenvalue weighted by atomic mass is 79.9. The smallest absolute Gasteiger partial charge is 0.0500 e. The number of hydrogen-bond acceptors (Lipinski definition) is 3. The molecule has 0 unspecified atom stereocenters. The third kappa shape index (κ3) is 4.18. The van der Waals surface area contributed by atoms with E-state index in [1.807, 2.05) is 0 Å². The van der Waals surface area contributed by atoms with Gasteiger partial charge in [0.25, 0.3) is 0 Å². The van der Waals surface area contributed by atoms with Crippen molar-refractivity contribution in [3.05, 3.63) is 34.3 Å². The standard InChI is InChI=1S/C15H23BrN2O.ClH/c1-15(2,11-19)14(18-9-7-17-8-10-18)12-3-5-13(16)6-4-12;/h3-6,14,17,19H,7-11H2,1-2H3;1H/t14-;/m0./s1. The molecule has 0 spiro atoms. The molecular formula is C15H24BrClN2O. The van der Waals surface area contributed by atoms with Gasteiger partial charge in [-0.1, -0.05) is 41.9 Å². The Morgan fingerprint density at radius 1 is 1.25 bits per heavy atom. The van der Waals surface area contributed by atoms with Crippen molar-refractivity contribution in [2.24, 2.45) is 5.41 Å². The summed E-state index contributed by atoms with van der Waals surface area (Å²) in [5.74, 6) is 0. The van der Waals surface area contributed by atoms with Gasteiger partial charge in [0, 0.05) is 48.7 Å². The van der Waals surface area contributed by atoms with Crippen molar-refractivity contribution < 1.29 is 5.11 Å². The van der Waals surface area contributed by atoms with Crippen LogP contribution in [0.5, 0.6) is 0 Å². The molecule has 1 aromatic rings. The quantitative estimate of drug-likeness (QED) is 0.863. The molecule has 0 bridgehead atoms. The minimum Gasteiger partial charge on any atom is -0.396 e. The Labute approximate surface area is 136 Å². The molecule has 0 aliphatic carbocycles. The predicted octanol–water partition coefficient (Wildman–Crippen LogP) is 2.84. The van der Waals surface area contributed by atoms with Gasteiger partial charge < -0.3 is 10.4 Å². The highest BCUT2D eigenvalue weighted by Gasteiger charge is 2.35. The van der Waals surface area contributed by atoms with E-state index in [4.69, 9.17) is 0 Å². The van der Waals surface area contributed by atoms with Crippen molar-refractivity contribution in [1.82, 2.24) is 10.2 Å². The SMILES string of the molecule is CC(C)(CO)[C@H](c1ccc(Br)cc1)N1CCNCC1.Cl. The van der Waals surface area contributed by atoms with Crippen LogP contribution < -0.4 is 5.32 Å². The number of halogens is 2. The number of hydrogen-bond donors (Lipinski definition) is 2. The van der Waals surface area contributed by atoms with Crippen molar-refractivity contribution in [2.45, 2.75) is 19.9 Å². The molecular weight excluding hydrogens is 340 g/mol. The number of piperazine rings is 1. The lowest BCUT2D eigenvalue weighted by molar-refractivity contribution is 0.0305. The van der Waals surface area contributed by atoms with E-state index in [0.29, 0.717) is 0 Å². The van der Waals surface area contributed by atoms with E-state index in [9.17, 15) is 5.11 Å². The Morgan fingerprint density at radius 2 is 1.80 bits per heavy atom. The number of rotatable bonds is 4. The van der Waals surface area contributed by atoms with E-state index in [2.05, 4.69) is 64.3 Å². The first-order chi connectivity index (χ1) is 9.04. The summed E-state index contributed by atoms with van der Waals surface area (Å²) in [6.45, 7) is 8.58. The zero-order valence-electron chi connectivity index (χ0n) is 12.1. The van der Waals surface area contributed by atoms with Crippen LogP contribution in [0.3, 0.4) is 0 Å². The van der Waals surface area contributed by atoms with Crippen molar-refractivity contribution in [1.29, 1.82) is 0 Å². The second kappa shape index (κ2) is 7.76. The molecule has 5 heteroatoms. The largest absolute Gasteiger partial charge is 0.396 e. The molecule has 2 N–H and O–H groups in total. The molecule has 0 amide bonds. The molecule has 1 atom stereocenters. The fraction of sp³-hybridized carbons (Fsp3) is 0.600. The van der Waals surface area contributed by atoms with Gasteiger partial charge in [0.1, 0.15) is 0 Å². The maximum Gasteiger partial charge on any atom is 0.0500 e. The molecule has 1 aliphatic rings. The minimum absolute atomic E-state index is 0. The van der Waals surface area contributed by atoms with Crippen LogP contribution in [0, 0.1) is 5.41 Å². The first kappa shape index (κ1) is 17.9. The van der Waals surface area contributed by atoms with Gasteiger partial charge in [-0.05, 0) is 17.7 Å². The number of nitrogens with zero attached hydrogens (tertiary/aromatic N) is 1. The molecule has 114 valence electrons. The number of aliphatic hydroxyl groups is 1. The molecule has 0 saturated carbocycles. The van der Waals surface area contributed by atoms with Crippen molar-refractivity contribution >= 4 is 28.3 Å². The summed E-state index contributed by atoms with van der Waals surface area (Å²) in [5.41, 5.74) is 1.13. The summed E-state index contributed by atoms with van der Waals surface area (Å²) < 4.78 is 1.09. The molecule has 20 heavy (non-hydrogen) atoms. The van der Waals surface area contributed by atoms with Gasteiger partial charge in [-0.15, -0.1) is 12.4 Å². The van der Waals surface area contributed by atoms with E-state index in [1.165, 1.54) is 5.56 Å². The van der Waals surface area contributed by atoms with Crippen LogP contribution in [0.15, 0.2) is 28.7 Å². The van der Waals surface area contributed by atoms with Crippen LogP contribution in [0.25, 0.3) is 0 Å². The molecule has 1 aliphatic heterocycles. The molecule has 1 heterocycles. The zero-order chi connectivity index (χ0) is 13.9. The zero-order valence-corrected chi connectivity index (χ0v) is 14.5. The van der Waals surface area contributed by atoms with Crippen molar-refractivity contribution in [2.75, 3.05) is 32.8 Å². The van der Waals surface area contributed by atoms with Crippen LogP contribution >= 0.6 is 28.3 Å². The number of aliphatic hydroxyl groups excluding tert-OH is 1. The average molecular weight is 364 g/mol. The summed E-state index contributed by atoms with van der Waals surface area (Å²) in [7, 11) is 0. The number of nitrogens with one attached hydrogen (secondary N) is 1. The Hall–Kier alpha value is -0.130. The highest BCUT2D eigenvalue weighted by molar-refractivity contribution is 9.10. The normalized spacial score (nSPS) is 18.4. The van der Waals surface area contributed by atoms with E-state index in [0.717, 1.165) is 30.7 Å². The van der Waals surface area contributed by atoms with Gasteiger partial charge >= 0.3 is 0 Å². The molecule has 1 aromatic carbocycles. The summed E-state index contributed by atoms with van der Waals surface area (Å²) in [5, 5.41) is 13.1. The van der Waals surface area contributed by atoms with Gasteiger partial charge in [0.2, 0.25) is 0 Å². The first-order valence-corrected chi connectivity index (χ1v) is 7.65. The summed E-state index contributed by atoms with van der Waals surface area (Å²) in [6.07, 6.45) is 0. The van der Waals surface area contributed by atoms with E-state index in [-0.39, 0.29) is 30.5 Å². The maximum atomic E-state index is 9.76. The van der Waals surface area contributed by atoms with Gasteiger partial charge in [-0.3, -0.25) is 4.90 Å². The topological polar surface area (TPSA) is 35.5 Å². The summed E-state index contributed by atoms with van der Waals surface area (Å²) >= 11 is 3.49.